The summed E-state index contributed by atoms with van der Waals surface area (Å²) < 4.78 is 5.38. The summed E-state index contributed by atoms with van der Waals surface area (Å²) in [4.78, 5) is 28.8. The molecule has 0 spiro atoms. The van der Waals surface area contributed by atoms with Crippen LogP contribution in [0.3, 0.4) is 0 Å². The lowest BCUT2D eigenvalue weighted by Crippen LogP contribution is -2.34. The van der Waals surface area contributed by atoms with Gasteiger partial charge in [-0.3, -0.25) is 9.79 Å². The van der Waals surface area contributed by atoms with Gasteiger partial charge in [0.05, 0.1) is 5.92 Å². The van der Waals surface area contributed by atoms with E-state index in [-0.39, 0.29) is 23.7 Å². The van der Waals surface area contributed by atoms with Crippen molar-refractivity contribution in [3.8, 4) is 0 Å². The zero-order valence-corrected chi connectivity index (χ0v) is 14.8. The molecule has 3 unspecified atom stereocenters. The van der Waals surface area contributed by atoms with Crippen molar-refractivity contribution in [2.45, 2.75) is 51.2 Å². The Kier molecular flexibility index (Phi) is 4.38. The largest absolute Gasteiger partial charge is 0.458 e. The predicted octanol–water partition coefficient (Wildman–Crippen LogP) is 3.57. The highest BCUT2D eigenvalue weighted by atomic mass is 35.5. The number of benzene rings is 1. The molecule has 1 amide bonds. The van der Waals surface area contributed by atoms with Crippen LogP contribution < -0.4 is 5.32 Å². The zero-order chi connectivity index (χ0) is 17.5. The third kappa shape index (κ3) is 3.46. The van der Waals surface area contributed by atoms with Crippen LogP contribution in [0, 0.1) is 5.92 Å². The van der Waals surface area contributed by atoms with E-state index in [4.69, 9.17) is 16.3 Å². The molecule has 0 saturated heterocycles. The van der Waals surface area contributed by atoms with Gasteiger partial charge in [0.2, 0.25) is 5.91 Å². The van der Waals surface area contributed by atoms with Gasteiger partial charge in [-0.15, -0.1) is 0 Å². The fraction of sp³-hybridized carbons (Fsp3) is 0.500. The van der Waals surface area contributed by atoms with Gasteiger partial charge >= 0.3 is 5.97 Å². The number of halogens is 1. The second-order valence-electron chi connectivity index (χ2n) is 7.29. The van der Waals surface area contributed by atoms with Gasteiger partial charge < -0.3 is 10.1 Å². The van der Waals surface area contributed by atoms with Crippen LogP contribution in [-0.2, 0) is 14.3 Å². The number of nitrogens with one attached hydrogen (secondary N) is 1. The molecular formula is C18H21ClN2O3. The molecule has 5 nitrogen and oxygen atoms in total. The Balaban J connectivity index is 1.74. The summed E-state index contributed by atoms with van der Waals surface area (Å²) >= 11 is 5.98. The van der Waals surface area contributed by atoms with Crippen LogP contribution in [0.25, 0.3) is 0 Å². The standard InChI is InChI=1S/C18H21ClN2O3/c1-18(2,3)24-17(23)13-7-4-10(9-20-13)15-12-6-5-11(19)8-14(12)21-16(15)22/h5-6,8-10,13,15H,4,7H2,1-3H3,(H,21,22). The van der Waals surface area contributed by atoms with E-state index in [1.165, 1.54) is 0 Å². The summed E-state index contributed by atoms with van der Waals surface area (Å²) in [5.74, 6) is -0.647. The summed E-state index contributed by atoms with van der Waals surface area (Å²) in [5.41, 5.74) is 1.18. The van der Waals surface area contributed by atoms with E-state index in [0.717, 1.165) is 11.3 Å². The molecule has 0 saturated carbocycles. The number of ether oxygens (including phenoxy) is 1. The molecular weight excluding hydrogens is 328 g/mol. The number of anilines is 1. The molecule has 2 heterocycles. The van der Waals surface area contributed by atoms with Crippen LogP contribution >= 0.6 is 11.6 Å². The van der Waals surface area contributed by atoms with Gasteiger partial charge in [-0.25, -0.2) is 4.79 Å². The lowest BCUT2D eigenvalue weighted by atomic mass is 9.82. The summed E-state index contributed by atoms with van der Waals surface area (Å²) in [7, 11) is 0. The Bertz CT molecular complexity index is 709. The second kappa shape index (κ2) is 6.20. The van der Waals surface area contributed by atoms with E-state index in [1.54, 1.807) is 18.3 Å². The van der Waals surface area contributed by atoms with Crippen molar-refractivity contribution in [3.63, 3.8) is 0 Å². The van der Waals surface area contributed by atoms with Gasteiger partial charge in [0, 0.05) is 22.8 Å². The van der Waals surface area contributed by atoms with Gasteiger partial charge in [0.25, 0.3) is 0 Å². The molecule has 1 aromatic rings. The number of aliphatic imine (C=N–C) groups is 1. The average Bonchev–Trinajstić information content (AvgIpc) is 2.80. The quantitative estimate of drug-likeness (QED) is 0.831. The molecule has 3 atom stereocenters. The summed E-state index contributed by atoms with van der Waals surface area (Å²) in [6, 6.07) is 4.96. The molecule has 0 aromatic heterocycles. The SMILES string of the molecule is CC(C)(C)OC(=O)C1CCC(C2C(=O)Nc3cc(Cl)ccc32)C=N1. The highest BCUT2D eigenvalue weighted by Crippen LogP contribution is 2.41. The maximum atomic E-state index is 12.3. The van der Waals surface area contributed by atoms with Crippen molar-refractivity contribution < 1.29 is 14.3 Å². The molecule has 1 N–H and O–H groups in total. The molecule has 0 fully saturated rings. The van der Waals surface area contributed by atoms with Crippen LogP contribution in [-0.4, -0.2) is 29.7 Å². The molecule has 6 heteroatoms. The molecule has 3 rings (SSSR count). The van der Waals surface area contributed by atoms with Crippen molar-refractivity contribution in [2.24, 2.45) is 10.9 Å². The monoisotopic (exact) mass is 348 g/mol. The number of carbonyl (C=O) groups excluding carboxylic acids is 2. The van der Waals surface area contributed by atoms with Crippen LogP contribution in [0.5, 0.6) is 0 Å². The third-order valence-electron chi connectivity index (χ3n) is 4.23. The van der Waals surface area contributed by atoms with Crippen LogP contribution in [0.1, 0.15) is 45.1 Å². The second-order valence-corrected chi connectivity index (χ2v) is 7.72. The third-order valence-corrected chi connectivity index (χ3v) is 4.46. The predicted molar refractivity (Wildman–Crippen MR) is 93.7 cm³/mol. The van der Waals surface area contributed by atoms with E-state index >= 15 is 0 Å². The van der Waals surface area contributed by atoms with Gasteiger partial charge in [-0.1, -0.05) is 17.7 Å². The van der Waals surface area contributed by atoms with E-state index in [9.17, 15) is 9.59 Å². The number of carbonyl (C=O) groups is 2. The Morgan fingerprint density at radius 2 is 2.08 bits per heavy atom. The minimum Gasteiger partial charge on any atom is -0.458 e. The average molecular weight is 349 g/mol. The number of fused-ring (bicyclic) bond motifs is 1. The maximum Gasteiger partial charge on any atom is 0.331 e. The topological polar surface area (TPSA) is 67.8 Å². The number of esters is 1. The van der Waals surface area contributed by atoms with Gasteiger partial charge in [-0.05, 0) is 51.3 Å². The summed E-state index contributed by atoms with van der Waals surface area (Å²) in [6.45, 7) is 5.52. The fourth-order valence-electron chi connectivity index (χ4n) is 3.20. The van der Waals surface area contributed by atoms with Crippen LogP contribution in [0.2, 0.25) is 5.02 Å². The molecule has 2 aliphatic heterocycles. The lowest BCUT2D eigenvalue weighted by Gasteiger charge is -2.27. The molecule has 1 aromatic carbocycles. The maximum absolute atomic E-state index is 12.3. The van der Waals surface area contributed by atoms with Crippen molar-refractivity contribution in [3.05, 3.63) is 28.8 Å². The molecule has 128 valence electrons. The van der Waals surface area contributed by atoms with Crippen molar-refractivity contribution in [1.82, 2.24) is 0 Å². The van der Waals surface area contributed by atoms with E-state index in [0.29, 0.717) is 17.9 Å². The molecule has 2 aliphatic rings. The summed E-state index contributed by atoms with van der Waals surface area (Å²) in [6.07, 6.45) is 3.04. The van der Waals surface area contributed by atoms with Gasteiger partial charge in [-0.2, -0.15) is 0 Å². The van der Waals surface area contributed by atoms with Crippen molar-refractivity contribution in [1.29, 1.82) is 0 Å². The number of nitrogens with zero attached hydrogens (tertiary/aromatic N) is 1. The number of hydrogen-bond donors (Lipinski definition) is 1. The minimum absolute atomic E-state index is 0.0221. The van der Waals surface area contributed by atoms with Gasteiger partial charge in [0.15, 0.2) is 0 Å². The Hall–Kier alpha value is -1.88. The molecule has 24 heavy (non-hydrogen) atoms. The van der Waals surface area contributed by atoms with E-state index in [2.05, 4.69) is 10.3 Å². The number of rotatable bonds is 2. The first-order valence-corrected chi connectivity index (χ1v) is 8.49. The van der Waals surface area contributed by atoms with Crippen LogP contribution in [0.4, 0.5) is 5.69 Å². The molecule has 0 radical (unpaired) electrons. The van der Waals surface area contributed by atoms with Crippen molar-refractivity contribution in [2.75, 3.05) is 5.32 Å². The number of amides is 1. The van der Waals surface area contributed by atoms with Crippen LogP contribution in [0.15, 0.2) is 23.2 Å². The Morgan fingerprint density at radius 3 is 2.71 bits per heavy atom. The normalized spacial score (nSPS) is 26.0. The first kappa shape index (κ1) is 17.0. The Morgan fingerprint density at radius 1 is 1.33 bits per heavy atom. The van der Waals surface area contributed by atoms with E-state index < -0.39 is 11.6 Å². The molecule has 0 aliphatic carbocycles. The van der Waals surface area contributed by atoms with Crippen molar-refractivity contribution >= 4 is 35.4 Å². The fourth-order valence-corrected chi connectivity index (χ4v) is 3.37. The highest BCUT2D eigenvalue weighted by molar-refractivity contribution is 6.31. The molecule has 0 bridgehead atoms. The minimum atomic E-state index is -0.521. The van der Waals surface area contributed by atoms with Gasteiger partial charge in [0.1, 0.15) is 11.6 Å². The van der Waals surface area contributed by atoms with E-state index in [1.807, 2.05) is 26.8 Å². The number of hydrogen-bond acceptors (Lipinski definition) is 4. The zero-order valence-electron chi connectivity index (χ0n) is 14.0. The lowest BCUT2D eigenvalue weighted by molar-refractivity contribution is -0.156. The first-order chi connectivity index (χ1) is 11.2. The first-order valence-electron chi connectivity index (χ1n) is 8.11. The Labute approximate surface area is 146 Å². The highest BCUT2D eigenvalue weighted by Gasteiger charge is 2.38. The summed E-state index contributed by atoms with van der Waals surface area (Å²) in [5, 5.41) is 3.47. The smallest absolute Gasteiger partial charge is 0.331 e.